The van der Waals surface area contributed by atoms with Crippen LogP contribution in [-0.4, -0.2) is 22.4 Å². The normalized spacial score (nSPS) is 26.0. The van der Waals surface area contributed by atoms with Crippen LogP contribution in [0.25, 0.3) is 0 Å². The minimum Gasteiger partial charge on any atom is -0.461 e. The monoisotopic (exact) mass is 270 g/mol. The first-order chi connectivity index (χ1) is 7.22. The Morgan fingerprint density at radius 2 is 2.53 bits per heavy atom. The number of hydrogen-bond donors (Lipinski definition) is 0. The molecule has 1 fully saturated rings. The number of carbonyl (C=O) groups excluding carboxylic acids is 1. The van der Waals surface area contributed by atoms with Crippen molar-refractivity contribution in [2.45, 2.75) is 25.8 Å². The second-order valence-electron chi connectivity index (χ2n) is 4.04. The molecule has 4 nitrogen and oxygen atoms in total. The number of esters is 1. The number of ether oxygens (including phenoxy) is 1. The molecule has 0 radical (unpaired) electrons. The van der Waals surface area contributed by atoms with Crippen molar-refractivity contribution in [3.8, 4) is 0 Å². The third-order valence-electron chi connectivity index (χ3n) is 3.07. The average molecular weight is 271 g/mol. The number of carbonyl (C=O) groups is 1. The predicted octanol–water partition coefficient (Wildman–Crippen LogP) is 1.94. The third-order valence-corrected chi connectivity index (χ3v) is 3.90. The summed E-state index contributed by atoms with van der Waals surface area (Å²) in [5.74, 6) is 0.434. The van der Waals surface area contributed by atoms with Crippen LogP contribution < -0.4 is 0 Å². The Bertz CT molecular complexity index is 441. The van der Waals surface area contributed by atoms with Crippen molar-refractivity contribution in [1.82, 2.24) is 9.78 Å². The molecule has 15 heavy (non-hydrogen) atoms. The first-order valence-electron chi connectivity index (χ1n) is 5.16. The van der Waals surface area contributed by atoms with E-state index in [9.17, 15) is 4.79 Å². The van der Waals surface area contributed by atoms with Gasteiger partial charge in [0, 0.05) is 0 Å². The molecule has 1 aliphatic heterocycles. The molecule has 2 aliphatic rings. The highest BCUT2D eigenvalue weighted by atomic mass is 79.9. The van der Waals surface area contributed by atoms with Gasteiger partial charge in [-0.05, 0) is 41.6 Å². The summed E-state index contributed by atoms with van der Waals surface area (Å²) in [7, 11) is 0. The van der Waals surface area contributed by atoms with Gasteiger partial charge < -0.3 is 4.74 Å². The molecule has 0 aromatic carbocycles. The minimum atomic E-state index is -0.330. The summed E-state index contributed by atoms with van der Waals surface area (Å²) in [6, 6.07) is 0.541. The molecule has 80 valence electrons. The maximum Gasteiger partial charge on any atom is 0.360 e. The minimum absolute atomic E-state index is 0.330. The van der Waals surface area contributed by atoms with E-state index in [2.05, 4.69) is 21.0 Å². The summed E-state index contributed by atoms with van der Waals surface area (Å²) in [4.78, 5) is 11.6. The average Bonchev–Trinajstić information content (AvgIpc) is 2.77. The Balaban J connectivity index is 1.97. The fourth-order valence-electron chi connectivity index (χ4n) is 2.24. The zero-order valence-corrected chi connectivity index (χ0v) is 9.95. The van der Waals surface area contributed by atoms with Gasteiger partial charge in [0.15, 0.2) is 5.69 Å². The molecule has 2 heterocycles. The first kappa shape index (κ1) is 9.39. The van der Waals surface area contributed by atoms with Gasteiger partial charge in [0.05, 0.1) is 22.8 Å². The molecule has 1 saturated carbocycles. The van der Waals surface area contributed by atoms with Gasteiger partial charge in [0.25, 0.3) is 0 Å². The van der Waals surface area contributed by atoms with E-state index in [1.165, 1.54) is 6.42 Å². The molecule has 3 rings (SSSR count). The fourth-order valence-corrected chi connectivity index (χ4v) is 2.82. The van der Waals surface area contributed by atoms with Gasteiger partial charge in [-0.25, -0.2) is 4.79 Å². The quantitative estimate of drug-likeness (QED) is 0.772. The largest absolute Gasteiger partial charge is 0.461 e. The summed E-state index contributed by atoms with van der Waals surface area (Å²) < 4.78 is 7.76. The van der Waals surface area contributed by atoms with Crippen molar-refractivity contribution in [2.75, 3.05) is 6.61 Å². The maximum atomic E-state index is 11.6. The van der Waals surface area contributed by atoms with Gasteiger partial charge in [0.2, 0.25) is 0 Å². The van der Waals surface area contributed by atoms with Crippen LogP contribution in [0.3, 0.4) is 0 Å². The molecule has 0 saturated heterocycles. The van der Waals surface area contributed by atoms with Gasteiger partial charge >= 0.3 is 5.97 Å². The molecule has 0 unspecified atom stereocenters. The van der Waals surface area contributed by atoms with Crippen molar-refractivity contribution in [1.29, 1.82) is 0 Å². The van der Waals surface area contributed by atoms with E-state index >= 15 is 0 Å². The van der Waals surface area contributed by atoms with Gasteiger partial charge in [-0.3, -0.25) is 4.68 Å². The molecule has 1 aromatic rings. The number of nitrogens with zero attached hydrogens (tertiary/aromatic N) is 2. The van der Waals surface area contributed by atoms with Crippen LogP contribution in [-0.2, 0) is 11.2 Å². The number of rotatable bonds is 2. The second-order valence-corrected chi connectivity index (χ2v) is 4.83. The number of halogens is 1. The van der Waals surface area contributed by atoms with Crippen LogP contribution in [0.2, 0.25) is 0 Å². The molecule has 0 N–H and O–H groups in total. The van der Waals surface area contributed by atoms with Crippen LogP contribution in [0.5, 0.6) is 0 Å². The van der Waals surface area contributed by atoms with E-state index in [0.29, 0.717) is 18.3 Å². The van der Waals surface area contributed by atoms with E-state index < -0.39 is 0 Å². The Hall–Kier alpha value is -0.840. The molecule has 2 atom stereocenters. The highest BCUT2D eigenvalue weighted by molar-refractivity contribution is 9.10. The molecule has 5 heteroatoms. The SMILES string of the molecule is CCOC(=O)c1nn2c(c1Br)C[C@H]1C[C@H]12. The molecule has 0 bridgehead atoms. The predicted molar refractivity (Wildman–Crippen MR) is 56.7 cm³/mol. The second kappa shape index (κ2) is 3.07. The smallest absolute Gasteiger partial charge is 0.360 e. The van der Waals surface area contributed by atoms with Crippen LogP contribution >= 0.6 is 15.9 Å². The summed E-state index contributed by atoms with van der Waals surface area (Å²) in [5.41, 5.74) is 1.58. The molecule has 0 spiro atoms. The van der Waals surface area contributed by atoms with Crippen molar-refractivity contribution in [2.24, 2.45) is 5.92 Å². The fraction of sp³-hybridized carbons (Fsp3) is 0.600. The third kappa shape index (κ3) is 1.25. The summed E-state index contributed by atoms with van der Waals surface area (Å²) in [6.07, 6.45) is 2.25. The highest BCUT2D eigenvalue weighted by Gasteiger charge is 2.48. The highest BCUT2D eigenvalue weighted by Crippen LogP contribution is 2.52. The molecular weight excluding hydrogens is 260 g/mol. The van der Waals surface area contributed by atoms with Crippen LogP contribution in [0.15, 0.2) is 4.47 Å². The van der Waals surface area contributed by atoms with E-state index in [-0.39, 0.29) is 5.97 Å². The van der Waals surface area contributed by atoms with Crippen molar-refractivity contribution in [3.05, 3.63) is 15.9 Å². The number of fused-ring (bicyclic) bond motifs is 3. The van der Waals surface area contributed by atoms with Gasteiger partial charge in [0.1, 0.15) is 0 Å². The standard InChI is InChI=1S/C10H11BrN2O2/c1-2-15-10(14)9-8(11)7-4-5-3-6(5)13(7)12-9/h5-6H,2-4H2,1H3/t5-,6-/m1/s1. The molecule has 1 aliphatic carbocycles. The van der Waals surface area contributed by atoms with E-state index in [0.717, 1.165) is 22.5 Å². The van der Waals surface area contributed by atoms with Crippen molar-refractivity contribution < 1.29 is 9.53 Å². The lowest BCUT2D eigenvalue weighted by Gasteiger charge is -1.98. The van der Waals surface area contributed by atoms with E-state index in [1.807, 2.05) is 4.68 Å². The zero-order chi connectivity index (χ0) is 10.6. The summed E-state index contributed by atoms with van der Waals surface area (Å²) in [5, 5.41) is 4.33. The lowest BCUT2D eigenvalue weighted by atomic mass is 10.2. The number of hydrogen-bond acceptors (Lipinski definition) is 3. The summed E-state index contributed by atoms with van der Waals surface area (Å²) in [6.45, 7) is 2.19. The van der Waals surface area contributed by atoms with Crippen molar-refractivity contribution in [3.63, 3.8) is 0 Å². The maximum absolute atomic E-state index is 11.6. The lowest BCUT2D eigenvalue weighted by molar-refractivity contribution is 0.0517. The van der Waals surface area contributed by atoms with Gasteiger partial charge in [-0.15, -0.1) is 0 Å². The van der Waals surface area contributed by atoms with Crippen LogP contribution in [0.4, 0.5) is 0 Å². The topological polar surface area (TPSA) is 44.1 Å². The van der Waals surface area contributed by atoms with E-state index in [4.69, 9.17) is 4.74 Å². The first-order valence-corrected chi connectivity index (χ1v) is 5.95. The molecule has 0 amide bonds. The number of aromatic nitrogens is 2. The Morgan fingerprint density at radius 3 is 3.20 bits per heavy atom. The van der Waals surface area contributed by atoms with E-state index in [1.54, 1.807) is 6.92 Å². The Morgan fingerprint density at radius 1 is 1.73 bits per heavy atom. The molecular formula is C10H11BrN2O2. The van der Waals surface area contributed by atoms with Crippen molar-refractivity contribution >= 4 is 21.9 Å². The van der Waals surface area contributed by atoms with Gasteiger partial charge in [-0.1, -0.05) is 0 Å². The molecule has 1 aromatic heterocycles. The van der Waals surface area contributed by atoms with Crippen LogP contribution in [0.1, 0.15) is 35.6 Å². The Kier molecular flexibility index (Phi) is 1.92. The Labute approximate surface area is 95.7 Å². The van der Waals surface area contributed by atoms with Crippen LogP contribution in [0, 0.1) is 5.92 Å². The van der Waals surface area contributed by atoms with Gasteiger partial charge in [-0.2, -0.15) is 5.10 Å². The zero-order valence-electron chi connectivity index (χ0n) is 8.36. The summed E-state index contributed by atoms with van der Waals surface area (Å²) >= 11 is 3.44. The lowest BCUT2D eigenvalue weighted by Crippen LogP contribution is -2.07.